The number of carbonyl (C=O) groups is 1. The van der Waals surface area contributed by atoms with Crippen LogP contribution in [0.2, 0.25) is 0 Å². The van der Waals surface area contributed by atoms with Crippen LogP contribution in [0.15, 0.2) is 29.3 Å². The molecule has 0 unspecified atom stereocenters. The third-order valence-electron chi connectivity index (χ3n) is 5.06. The highest BCUT2D eigenvalue weighted by molar-refractivity contribution is 5.89. The summed E-state index contributed by atoms with van der Waals surface area (Å²) in [5, 5.41) is 9.62. The summed E-state index contributed by atoms with van der Waals surface area (Å²) >= 11 is 0. The normalized spacial score (nSPS) is 16.9. The fourth-order valence-electron chi connectivity index (χ4n) is 3.20. The molecule has 1 aliphatic heterocycles. The molecule has 2 fully saturated rings. The highest BCUT2D eigenvalue weighted by Crippen LogP contribution is 2.28. The molecule has 2 aliphatic rings. The van der Waals surface area contributed by atoms with Crippen LogP contribution in [0.5, 0.6) is 0 Å². The van der Waals surface area contributed by atoms with Gasteiger partial charge in [-0.3, -0.25) is 4.99 Å². The van der Waals surface area contributed by atoms with Crippen molar-refractivity contribution in [1.82, 2.24) is 15.5 Å². The monoisotopic (exact) mass is 387 g/mol. The Morgan fingerprint density at radius 2 is 2.07 bits per heavy atom. The second-order valence-electron chi connectivity index (χ2n) is 7.55. The molecular formula is C21H33N5O2. The van der Waals surface area contributed by atoms with Crippen molar-refractivity contribution >= 4 is 17.7 Å². The number of hydrogen-bond acceptors (Lipinski definition) is 3. The zero-order valence-corrected chi connectivity index (χ0v) is 16.9. The third-order valence-corrected chi connectivity index (χ3v) is 5.06. The number of rotatable bonds is 9. The lowest BCUT2D eigenvalue weighted by molar-refractivity contribution is 0.123. The van der Waals surface area contributed by atoms with Gasteiger partial charge in [-0.2, -0.15) is 0 Å². The third kappa shape index (κ3) is 7.03. The van der Waals surface area contributed by atoms with Crippen LogP contribution >= 0.6 is 0 Å². The average Bonchev–Trinajstić information content (AvgIpc) is 3.36. The topological polar surface area (TPSA) is 78.0 Å². The van der Waals surface area contributed by atoms with E-state index < -0.39 is 0 Å². The SMILES string of the molecule is CN=C(NCCCOCC1CC1)NCc1cccc(NC(=O)N2CCCC2)c1. The van der Waals surface area contributed by atoms with Crippen molar-refractivity contribution in [2.24, 2.45) is 10.9 Å². The predicted octanol–water partition coefficient (Wildman–Crippen LogP) is 2.80. The minimum absolute atomic E-state index is 0.0102. The molecule has 1 heterocycles. The Bertz CT molecular complexity index is 654. The molecule has 1 aliphatic carbocycles. The summed E-state index contributed by atoms with van der Waals surface area (Å²) < 4.78 is 5.65. The molecule has 1 saturated carbocycles. The van der Waals surface area contributed by atoms with Gasteiger partial charge in [0.2, 0.25) is 0 Å². The summed E-state index contributed by atoms with van der Waals surface area (Å²) in [7, 11) is 1.77. The molecule has 154 valence electrons. The second kappa shape index (κ2) is 10.9. The number of urea groups is 1. The number of amides is 2. The van der Waals surface area contributed by atoms with Crippen molar-refractivity contribution in [2.75, 3.05) is 45.2 Å². The first-order valence-corrected chi connectivity index (χ1v) is 10.4. The smallest absolute Gasteiger partial charge is 0.321 e. The Morgan fingerprint density at radius 3 is 2.82 bits per heavy atom. The Morgan fingerprint density at radius 1 is 1.25 bits per heavy atom. The molecule has 1 saturated heterocycles. The first kappa shape index (κ1) is 20.5. The Hall–Kier alpha value is -2.28. The maximum atomic E-state index is 12.2. The van der Waals surface area contributed by atoms with Gasteiger partial charge in [0.1, 0.15) is 0 Å². The van der Waals surface area contributed by atoms with E-state index in [4.69, 9.17) is 4.74 Å². The van der Waals surface area contributed by atoms with E-state index in [1.54, 1.807) is 7.05 Å². The Balaban J connectivity index is 1.35. The van der Waals surface area contributed by atoms with E-state index in [9.17, 15) is 4.79 Å². The number of hydrogen-bond donors (Lipinski definition) is 3. The quantitative estimate of drug-likeness (QED) is 0.346. The predicted molar refractivity (Wildman–Crippen MR) is 113 cm³/mol. The summed E-state index contributed by atoms with van der Waals surface area (Å²) in [5.74, 6) is 1.59. The standard InChI is InChI=1S/C21H33N5O2/c1-22-20(23-10-5-13-28-16-17-8-9-17)24-15-18-6-4-7-19(14-18)25-21(27)26-11-2-3-12-26/h4,6-7,14,17H,2-3,5,8-13,15-16H2,1H3,(H,25,27)(H2,22,23,24). The summed E-state index contributed by atoms with van der Waals surface area (Å²) in [6, 6.07) is 7.91. The second-order valence-corrected chi connectivity index (χ2v) is 7.55. The highest BCUT2D eigenvalue weighted by Gasteiger charge is 2.20. The zero-order valence-electron chi connectivity index (χ0n) is 16.9. The molecule has 1 aromatic carbocycles. The van der Waals surface area contributed by atoms with Gasteiger partial charge in [0.25, 0.3) is 0 Å². The summed E-state index contributed by atoms with van der Waals surface area (Å²) in [4.78, 5) is 18.4. The number of benzene rings is 1. The van der Waals surface area contributed by atoms with Gasteiger partial charge in [-0.25, -0.2) is 4.79 Å². The molecular weight excluding hydrogens is 354 g/mol. The van der Waals surface area contributed by atoms with Crippen LogP contribution in [0.4, 0.5) is 10.5 Å². The number of aliphatic imine (C=N–C) groups is 1. The van der Waals surface area contributed by atoms with Crippen molar-refractivity contribution in [1.29, 1.82) is 0 Å². The molecule has 7 heteroatoms. The lowest BCUT2D eigenvalue weighted by Crippen LogP contribution is -2.37. The number of ether oxygens (including phenoxy) is 1. The van der Waals surface area contributed by atoms with Crippen molar-refractivity contribution in [2.45, 2.75) is 38.6 Å². The van der Waals surface area contributed by atoms with Crippen LogP contribution in [0, 0.1) is 5.92 Å². The Labute approximate surface area is 167 Å². The molecule has 0 bridgehead atoms. The maximum Gasteiger partial charge on any atom is 0.321 e. The molecule has 28 heavy (non-hydrogen) atoms. The highest BCUT2D eigenvalue weighted by atomic mass is 16.5. The van der Waals surface area contributed by atoms with Gasteiger partial charge in [-0.05, 0) is 55.7 Å². The van der Waals surface area contributed by atoms with E-state index in [-0.39, 0.29) is 6.03 Å². The number of likely N-dealkylation sites (tertiary alicyclic amines) is 1. The number of carbonyl (C=O) groups excluding carboxylic acids is 1. The first-order valence-electron chi connectivity index (χ1n) is 10.4. The minimum Gasteiger partial charge on any atom is -0.381 e. The molecule has 2 amide bonds. The zero-order chi connectivity index (χ0) is 19.6. The molecule has 3 rings (SSSR count). The van der Waals surface area contributed by atoms with Crippen LogP contribution in [0.25, 0.3) is 0 Å². The first-order chi connectivity index (χ1) is 13.7. The lowest BCUT2D eigenvalue weighted by atomic mass is 10.2. The summed E-state index contributed by atoms with van der Waals surface area (Å²) in [5.41, 5.74) is 1.92. The number of anilines is 1. The average molecular weight is 388 g/mol. The van der Waals surface area contributed by atoms with Crippen LogP contribution in [0.3, 0.4) is 0 Å². The summed E-state index contributed by atoms with van der Waals surface area (Å²) in [6.07, 6.45) is 5.81. The number of nitrogens with zero attached hydrogens (tertiary/aromatic N) is 2. The van der Waals surface area contributed by atoms with Crippen molar-refractivity contribution in [3.05, 3.63) is 29.8 Å². The molecule has 7 nitrogen and oxygen atoms in total. The van der Waals surface area contributed by atoms with Gasteiger partial charge in [0.15, 0.2) is 5.96 Å². The fraction of sp³-hybridized carbons (Fsp3) is 0.619. The van der Waals surface area contributed by atoms with Gasteiger partial charge >= 0.3 is 6.03 Å². The van der Waals surface area contributed by atoms with Crippen LogP contribution < -0.4 is 16.0 Å². The van der Waals surface area contributed by atoms with Crippen LogP contribution in [0.1, 0.15) is 37.7 Å². The largest absolute Gasteiger partial charge is 0.381 e. The van der Waals surface area contributed by atoms with E-state index in [0.717, 1.165) is 75.2 Å². The fourth-order valence-corrected chi connectivity index (χ4v) is 3.20. The van der Waals surface area contributed by atoms with Gasteiger partial charge in [-0.15, -0.1) is 0 Å². The summed E-state index contributed by atoms with van der Waals surface area (Å²) in [6.45, 7) is 4.87. The van der Waals surface area contributed by atoms with E-state index in [0.29, 0.717) is 6.54 Å². The lowest BCUT2D eigenvalue weighted by Gasteiger charge is -2.17. The van der Waals surface area contributed by atoms with E-state index >= 15 is 0 Å². The van der Waals surface area contributed by atoms with Gasteiger partial charge in [0.05, 0.1) is 0 Å². The molecule has 0 aromatic heterocycles. The van der Waals surface area contributed by atoms with Crippen molar-refractivity contribution in [3.8, 4) is 0 Å². The molecule has 0 radical (unpaired) electrons. The minimum atomic E-state index is -0.0102. The van der Waals surface area contributed by atoms with Gasteiger partial charge in [-0.1, -0.05) is 12.1 Å². The molecule has 0 atom stereocenters. The van der Waals surface area contributed by atoms with Crippen molar-refractivity contribution in [3.63, 3.8) is 0 Å². The number of guanidine groups is 1. The van der Waals surface area contributed by atoms with E-state index in [1.165, 1.54) is 12.8 Å². The van der Waals surface area contributed by atoms with E-state index in [1.807, 2.05) is 29.2 Å². The van der Waals surface area contributed by atoms with E-state index in [2.05, 4.69) is 20.9 Å². The van der Waals surface area contributed by atoms with Crippen molar-refractivity contribution < 1.29 is 9.53 Å². The van der Waals surface area contributed by atoms with Gasteiger partial charge < -0.3 is 25.6 Å². The van der Waals surface area contributed by atoms with Crippen LogP contribution in [-0.4, -0.2) is 56.8 Å². The maximum absolute atomic E-state index is 12.2. The molecule has 3 N–H and O–H groups in total. The molecule has 1 aromatic rings. The molecule has 0 spiro atoms. The van der Waals surface area contributed by atoms with Crippen LogP contribution in [-0.2, 0) is 11.3 Å². The Kier molecular flexibility index (Phi) is 7.96. The number of nitrogens with one attached hydrogen (secondary N) is 3. The van der Waals surface area contributed by atoms with Gasteiger partial charge in [0, 0.05) is 52.1 Å².